The first-order chi connectivity index (χ1) is 8.86. The van der Waals surface area contributed by atoms with Crippen molar-refractivity contribution in [3.8, 4) is 0 Å². The van der Waals surface area contributed by atoms with Gasteiger partial charge in [-0.25, -0.2) is 13.2 Å². The van der Waals surface area contributed by atoms with Crippen LogP contribution in [-0.2, 0) is 4.74 Å². The fourth-order valence-electron chi connectivity index (χ4n) is 1.53. The Balaban J connectivity index is 3.01. The van der Waals surface area contributed by atoms with E-state index in [1.807, 2.05) is 13.8 Å². The van der Waals surface area contributed by atoms with Gasteiger partial charge in [-0.1, -0.05) is 26.5 Å². The van der Waals surface area contributed by atoms with Gasteiger partial charge in [0.2, 0.25) is 5.90 Å². The van der Waals surface area contributed by atoms with Gasteiger partial charge in [-0.2, -0.15) is 0 Å². The molecule has 1 aromatic carbocycles. The minimum absolute atomic E-state index is 0.0352. The molecule has 0 unspecified atom stereocenters. The lowest BCUT2D eigenvalue weighted by Crippen LogP contribution is -2.11. The molecule has 0 fully saturated rings. The van der Waals surface area contributed by atoms with Crippen molar-refractivity contribution in [2.24, 2.45) is 4.99 Å². The predicted molar refractivity (Wildman–Crippen MR) is 69.2 cm³/mol. The summed E-state index contributed by atoms with van der Waals surface area (Å²) in [5.74, 6) is -1.18. The van der Waals surface area contributed by atoms with E-state index in [0.717, 1.165) is 0 Å². The average molecular weight is 271 g/mol. The van der Waals surface area contributed by atoms with Crippen LogP contribution < -0.4 is 0 Å². The minimum Gasteiger partial charge on any atom is -0.438 e. The molecule has 0 radical (unpaired) electrons. The summed E-state index contributed by atoms with van der Waals surface area (Å²) in [4.78, 5) is 3.73. The zero-order valence-electron chi connectivity index (χ0n) is 11.1. The van der Waals surface area contributed by atoms with Crippen molar-refractivity contribution in [2.75, 3.05) is 7.05 Å². The summed E-state index contributed by atoms with van der Waals surface area (Å²) in [6.45, 7) is 6.82. The summed E-state index contributed by atoms with van der Waals surface area (Å²) in [6, 6.07) is 4.39. The molecule has 0 aliphatic rings. The normalized spacial score (nSPS) is 12.1. The van der Waals surface area contributed by atoms with Crippen LogP contribution in [0.15, 0.2) is 35.5 Å². The van der Waals surface area contributed by atoms with E-state index < -0.39 is 18.0 Å². The number of allylic oxidation sites excluding steroid dienone is 1. The lowest BCUT2D eigenvalue weighted by molar-refractivity contribution is 0.134. The summed E-state index contributed by atoms with van der Waals surface area (Å²) in [7, 11) is 1.38. The molecule has 0 aromatic heterocycles. The highest BCUT2D eigenvalue weighted by Gasteiger charge is 2.16. The Hall–Kier alpha value is -1.78. The molecule has 1 rings (SSSR count). The summed E-state index contributed by atoms with van der Waals surface area (Å²) in [6.07, 6.45) is -2.81. The maximum atomic E-state index is 13.8. The Morgan fingerprint density at radius 2 is 1.95 bits per heavy atom. The molecule has 2 nitrogen and oxygen atoms in total. The van der Waals surface area contributed by atoms with E-state index in [4.69, 9.17) is 4.74 Å². The van der Waals surface area contributed by atoms with Crippen LogP contribution in [0.3, 0.4) is 0 Å². The second kappa shape index (κ2) is 6.41. The van der Waals surface area contributed by atoms with Gasteiger partial charge < -0.3 is 4.74 Å². The van der Waals surface area contributed by atoms with Crippen LogP contribution in [0.4, 0.5) is 13.2 Å². The SMILES string of the molecule is C=C(OC(=NC)c1ccc(C(C)C)c(F)c1)C(F)F. The summed E-state index contributed by atoms with van der Waals surface area (Å²) in [5.41, 5.74) is 0.845. The number of alkyl halides is 2. The third kappa shape index (κ3) is 3.84. The molecule has 0 saturated heterocycles. The first-order valence-corrected chi connectivity index (χ1v) is 5.78. The Morgan fingerprint density at radius 3 is 2.37 bits per heavy atom. The Kier molecular flexibility index (Phi) is 5.15. The molecule has 0 spiro atoms. The van der Waals surface area contributed by atoms with Crippen molar-refractivity contribution in [3.63, 3.8) is 0 Å². The third-order valence-corrected chi connectivity index (χ3v) is 2.54. The van der Waals surface area contributed by atoms with E-state index >= 15 is 0 Å². The molecule has 1 aromatic rings. The second-order valence-corrected chi connectivity index (χ2v) is 4.29. The van der Waals surface area contributed by atoms with Crippen LogP contribution in [-0.4, -0.2) is 19.4 Å². The minimum atomic E-state index is -2.81. The van der Waals surface area contributed by atoms with Gasteiger partial charge in [0.15, 0.2) is 5.76 Å². The van der Waals surface area contributed by atoms with Gasteiger partial charge in [-0.05, 0) is 23.6 Å². The zero-order valence-corrected chi connectivity index (χ0v) is 11.1. The van der Waals surface area contributed by atoms with Crippen LogP contribution in [0.1, 0.15) is 30.9 Å². The van der Waals surface area contributed by atoms with E-state index in [-0.39, 0.29) is 11.8 Å². The molecule has 104 valence electrons. The molecule has 0 heterocycles. The number of halogens is 3. The first kappa shape index (κ1) is 15.3. The molecule has 0 saturated carbocycles. The molecule has 0 amide bonds. The van der Waals surface area contributed by atoms with Crippen LogP contribution in [0.5, 0.6) is 0 Å². The quantitative estimate of drug-likeness (QED) is 0.458. The number of hydrogen-bond acceptors (Lipinski definition) is 2. The van der Waals surface area contributed by atoms with Crippen LogP contribution in [0.25, 0.3) is 0 Å². The predicted octanol–water partition coefficient (Wildman–Crippen LogP) is 4.12. The molecule has 0 aliphatic heterocycles. The maximum absolute atomic E-state index is 13.8. The second-order valence-electron chi connectivity index (χ2n) is 4.29. The van der Waals surface area contributed by atoms with Gasteiger partial charge in [-0.15, -0.1) is 0 Å². The highest BCUT2D eigenvalue weighted by molar-refractivity contribution is 5.94. The third-order valence-electron chi connectivity index (χ3n) is 2.54. The van der Waals surface area contributed by atoms with Crippen molar-refractivity contribution < 1.29 is 17.9 Å². The first-order valence-electron chi connectivity index (χ1n) is 5.78. The van der Waals surface area contributed by atoms with Crippen molar-refractivity contribution in [2.45, 2.75) is 26.2 Å². The van der Waals surface area contributed by atoms with Gasteiger partial charge >= 0.3 is 0 Å². The van der Waals surface area contributed by atoms with Gasteiger partial charge in [0, 0.05) is 12.6 Å². The molecular weight excluding hydrogens is 255 g/mol. The summed E-state index contributed by atoms with van der Waals surface area (Å²) < 4.78 is 43.3. The number of ether oxygens (including phenoxy) is 1. The molecular formula is C14H16F3NO. The van der Waals surface area contributed by atoms with E-state index in [2.05, 4.69) is 11.6 Å². The standard InChI is InChI=1S/C14H16F3NO/c1-8(2)11-6-5-10(7-12(11)15)14(18-4)19-9(3)13(16)17/h5-8,13H,3H2,1-2,4H3. The molecule has 0 aliphatic carbocycles. The summed E-state index contributed by atoms with van der Waals surface area (Å²) >= 11 is 0. The molecule has 0 N–H and O–H groups in total. The van der Waals surface area contributed by atoms with Crippen molar-refractivity contribution >= 4 is 5.90 Å². The maximum Gasteiger partial charge on any atom is 0.294 e. The molecule has 0 atom stereocenters. The van der Waals surface area contributed by atoms with Gasteiger partial charge in [0.05, 0.1) is 0 Å². The van der Waals surface area contributed by atoms with Gasteiger partial charge in [0.25, 0.3) is 6.43 Å². The number of hydrogen-bond donors (Lipinski definition) is 0. The fourth-order valence-corrected chi connectivity index (χ4v) is 1.53. The fraction of sp³-hybridized carbons (Fsp3) is 0.357. The monoisotopic (exact) mass is 271 g/mol. The average Bonchev–Trinajstić information content (AvgIpc) is 2.34. The number of nitrogens with zero attached hydrogens (tertiary/aromatic N) is 1. The Labute approximate surface area is 110 Å². The van der Waals surface area contributed by atoms with E-state index in [1.54, 1.807) is 12.1 Å². The highest BCUT2D eigenvalue weighted by Crippen LogP contribution is 2.21. The Bertz CT molecular complexity index is 495. The number of aliphatic imine (C=N–C) groups is 1. The lowest BCUT2D eigenvalue weighted by atomic mass is 10.0. The van der Waals surface area contributed by atoms with Crippen LogP contribution in [0, 0.1) is 5.82 Å². The smallest absolute Gasteiger partial charge is 0.294 e. The van der Waals surface area contributed by atoms with Crippen molar-refractivity contribution in [1.82, 2.24) is 0 Å². The van der Waals surface area contributed by atoms with Crippen LogP contribution in [0.2, 0.25) is 0 Å². The van der Waals surface area contributed by atoms with E-state index in [1.165, 1.54) is 13.1 Å². The van der Waals surface area contributed by atoms with E-state index in [9.17, 15) is 13.2 Å². The molecule has 19 heavy (non-hydrogen) atoms. The largest absolute Gasteiger partial charge is 0.438 e. The highest BCUT2D eigenvalue weighted by atomic mass is 19.3. The van der Waals surface area contributed by atoms with Gasteiger partial charge in [-0.3, -0.25) is 4.99 Å². The van der Waals surface area contributed by atoms with E-state index in [0.29, 0.717) is 11.1 Å². The lowest BCUT2D eigenvalue weighted by Gasteiger charge is -2.12. The number of benzene rings is 1. The summed E-state index contributed by atoms with van der Waals surface area (Å²) in [5, 5.41) is 0. The molecule has 0 bridgehead atoms. The number of rotatable bonds is 4. The van der Waals surface area contributed by atoms with Crippen molar-refractivity contribution in [3.05, 3.63) is 47.5 Å². The molecule has 5 heteroatoms. The van der Waals surface area contributed by atoms with Crippen molar-refractivity contribution in [1.29, 1.82) is 0 Å². The van der Waals surface area contributed by atoms with Crippen LogP contribution >= 0.6 is 0 Å². The van der Waals surface area contributed by atoms with Gasteiger partial charge in [0.1, 0.15) is 5.82 Å². The Morgan fingerprint density at radius 1 is 1.32 bits per heavy atom. The zero-order chi connectivity index (χ0) is 14.6. The topological polar surface area (TPSA) is 21.6 Å².